The van der Waals surface area contributed by atoms with Crippen LogP contribution in [-0.4, -0.2) is 23.1 Å². The molecule has 0 aliphatic heterocycles. The van der Waals surface area contributed by atoms with Gasteiger partial charge < -0.3 is 5.32 Å². The first kappa shape index (κ1) is 14.1. The van der Waals surface area contributed by atoms with Gasteiger partial charge in [0, 0.05) is 5.54 Å². The van der Waals surface area contributed by atoms with Gasteiger partial charge >= 0.3 is 0 Å². The first-order chi connectivity index (χ1) is 7.72. The second-order valence-electron chi connectivity index (χ2n) is 5.26. The van der Waals surface area contributed by atoms with Crippen molar-refractivity contribution >= 4 is 23.2 Å². The van der Waals surface area contributed by atoms with Gasteiger partial charge in [0.25, 0.3) is 0 Å². The molecular weight excluding hydrogens is 238 g/mol. The molecule has 3 nitrogen and oxygen atoms in total. The molecule has 17 heavy (non-hydrogen) atoms. The van der Waals surface area contributed by atoms with E-state index in [2.05, 4.69) is 5.32 Å². The SMILES string of the molecule is CC(NC(C)(C)C)C(=O)C1C=CC=C(Cl)C1=O. The lowest BCUT2D eigenvalue weighted by atomic mass is 9.90. The summed E-state index contributed by atoms with van der Waals surface area (Å²) < 4.78 is 0. The molecule has 0 heterocycles. The highest BCUT2D eigenvalue weighted by Gasteiger charge is 2.32. The highest BCUT2D eigenvalue weighted by Crippen LogP contribution is 2.20. The predicted molar refractivity (Wildman–Crippen MR) is 68.9 cm³/mol. The topological polar surface area (TPSA) is 46.2 Å². The standard InChI is InChI=1S/C13H18ClNO2/c1-8(15-13(2,3)4)11(16)9-6-5-7-10(14)12(9)17/h5-9,15H,1-4H3. The number of halogens is 1. The average molecular weight is 256 g/mol. The summed E-state index contributed by atoms with van der Waals surface area (Å²) in [6.45, 7) is 7.69. The van der Waals surface area contributed by atoms with Gasteiger partial charge in [0.1, 0.15) is 5.92 Å². The van der Waals surface area contributed by atoms with Gasteiger partial charge in [-0.25, -0.2) is 0 Å². The fourth-order valence-electron chi connectivity index (χ4n) is 1.78. The lowest BCUT2D eigenvalue weighted by Gasteiger charge is -2.27. The molecule has 0 saturated heterocycles. The van der Waals surface area contributed by atoms with E-state index >= 15 is 0 Å². The number of ketones is 2. The Balaban J connectivity index is 2.75. The second kappa shape index (κ2) is 5.15. The molecule has 1 rings (SSSR count). The number of nitrogens with one attached hydrogen (secondary N) is 1. The predicted octanol–water partition coefficient (Wildman–Crippen LogP) is 2.21. The van der Waals surface area contributed by atoms with Crippen LogP contribution in [0.3, 0.4) is 0 Å². The van der Waals surface area contributed by atoms with Crippen LogP contribution in [0.25, 0.3) is 0 Å². The second-order valence-corrected chi connectivity index (χ2v) is 5.67. The van der Waals surface area contributed by atoms with Crippen molar-refractivity contribution in [2.75, 3.05) is 0 Å². The van der Waals surface area contributed by atoms with Crippen molar-refractivity contribution < 1.29 is 9.59 Å². The van der Waals surface area contributed by atoms with Crippen LogP contribution < -0.4 is 5.32 Å². The van der Waals surface area contributed by atoms with Crippen LogP contribution in [0.5, 0.6) is 0 Å². The monoisotopic (exact) mass is 255 g/mol. The van der Waals surface area contributed by atoms with Crippen LogP contribution in [-0.2, 0) is 9.59 Å². The molecule has 94 valence electrons. The summed E-state index contributed by atoms with van der Waals surface area (Å²) in [5, 5.41) is 3.27. The Kier molecular flexibility index (Phi) is 4.28. The summed E-state index contributed by atoms with van der Waals surface area (Å²) in [4.78, 5) is 23.8. The lowest BCUT2D eigenvalue weighted by molar-refractivity contribution is -0.130. The van der Waals surface area contributed by atoms with E-state index in [1.807, 2.05) is 20.8 Å². The van der Waals surface area contributed by atoms with E-state index in [1.165, 1.54) is 6.08 Å². The van der Waals surface area contributed by atoms with E-state index in [9.17, 15) is 9.59 Å². The number of allylic oxidation sites excluding steroid dienone is 4. The minimum atomic E-state index is -0.752. The minimum absolute atomic E-state index is 0.119. The molecule has 2 atom stereocenters. The average Bonchev–Trinajstić information content (AvgIpc) is 2.18. The Bertz CT molecular complexity index is 391. The third kappa shape index (κ3) is 3.79. The van der Waals surface area contributed by atoms with Crippen molar-refractivity contribution in [1.82, 2.24) is 5.32 Å². The zero-order chi connectivity index (χ0) is 13.2. The van der Waals surface area contributed by atoms with Gasteiger partial charge in [0.15, 0.2) is 11.6 Å². The van der Waals surface area contributed by atoms with Crippen LogP contribution in [0.15, 0.2) is 23.3 Å². The maximum absolute atomic E-state index is 12.1. The maximum Gasteiger partial charge on any atom is 0.188 e. The Hall–Kier alpha value is -0.930. The van der Waals surface area contributed by atoms with E-state index in [0.29, 0.717) is 0 Å². The van der Waals surface area contributed by atoms with Crippen molar-refractivity contribution in [2.45, 2.75) is 39.3 Å². The number of hydrogen-bond acceptors (Lipinski definition) is 3. The fourth-order valence-corrected chi connectivity index (χ4v) is 1.97. The smallest absolute Gasteiger partial charge is 0.188 e. The molecule has 1 aliphatic rings. The third-order valence-corrected chi connectivity index (χ3v) is 2.76. The van der Waals surface area contributed by atoms with E-state index < -0.39 is 5.92 Å². The van der Waals surface area contributed by atoms with Gasteiger partial charge in [-0.15, -0.1) is 0 Å². The molecule has 4 heteroatoms. The Morgan fingerprint density at radius 2 is 2.06 bits per heavy atom. The van der Waals surface area contributed by atoms with Gasteiger partial charge in [-0.1, -0.05) is 23.8 Å². The van der Waals surface area contributed by atoms with Gasteiger partial charge in [-0.3, -0.25) is 9.59 Å². The van der Waals surface area contributed by atoms with Crippen LogP contribution >= 0.6 is 11.6 Å². The first-order valence-electron chi connectivity index (χ1n) is 5.62. The molecule has 1 N–H and O–H groups in total. The molecule has 0 amide bonds. The molecule has 0 aromatic carbocycles. The highest BCUT2D eigenvalue weighted by atomic mass is 35.5. The van der Waals surface area contributed by atoms with Crippen LogP contribution in [0.4, 0.5) is 0 Å². The molecule has 2 unspecified atom stereocenters. The normalized spacial score (nSPS) is 22.3. The summed E-state index contributed by atoms with van der Waals surface area (Å²) in [7, 11) is 0. The zero-order valence-corrected chi connectivity index (χ0v) is 11.3. The van der Waals surface area contributed by atoms with Gasteiger partial charge in [-0.05, 0) is 33.8 Å². The highest BCUT2D eigenvalue weighted by molar-refractivity contribution is 6.44. The van der Waals surface area contributed by atoms with Crippen LogP contribution in [0.2, 0.25) is 0 Å². The molecule has 1 aliphatic carbocycles. The number of Topliss-reactive ketones (excluding diaryl/α,β-unsaturated/α-hetero) is 2. The van der Waals surface area contributed by atoms with Gasteiger partial charge in [-0.2, -0.15) is 0 Å². The lowest BCUT2D eigenvalue weighted by Crippen LogP contribution is -2.48. The van der Waals surface area contributed by atoms with E-state index in [0.717, 1.165) is 0 Å². The first-order valence-corrected chi connectivity index (χ1v) is 6.00. The number of carbonyl (C=O) groups is 2. The van der Waals surface area contributed by atoms with Gasteiger partial charge in [0.05, 0.1) is 11.1 Å². The van der Waals surface area contributed by atoms with E-state index in [4.69, 9.17) is 11.6 Å². The number of hydrogen-bond donors (Lipinski definition) is 1. The van der Waals surface area contributed by atoms with Crippen LogP contribution in [0, 0.1) is 5.92 Å². The maximum atomic E-state index is 12.1. The quantitative estimate of drug-likeness (QED) is 0.787. The molecular formula is C13H18ClNO2. The molecule has 0 radical (unpaired) electrons. The summed E-state index contributed by atoms with van der Waals surface area (Å²) in [5.41, 5.74) is -0.170. The van der Waals surface area contributed by atoms with E-state index in [1.54, 1.807) is 19.1 Å². The van der Waals surface area contributed by atoms with E-state index in [-0.39, 0.29) is 28.2 Å². The van der Waals surface area contributed by atoms with Crippen molar-refractivity contribution in [3.05, 3.63) is 23.3 Å². The Labute approximate surface area is 107 Å². The summed E-state index contributed by atoms with van der Waals surface area (Å²) in [6, 6.07) is -0.379. The number of rotatable bonds is 3. The molecule has 0 bridgehead atoms. The molecule has 0 aromatic heterocycles. The molecule has 0 saturated carbocycles. The summed E-state index contributed by atoms with van der Waals surface area (Å²) in [5.74, 6) is -1.22. The zero-order valence-electron chi connectivity index (χ0n) is 10.6. The Morgan fingerprint density at radius 1 is 1.47 bits per heavy atom. The summed E-state index contributed by atoms with van der Waals surface area (Å²) in [6.07, 6.45) is 4.75. The fraction of sp³-hybridized carbons (Fsp3) is 0.538. The largest absolute Gasteiger partial charge is 0.303 e. The molecule has 0 aromatic rings. The van der Waals surface area contributed by atoms with Crippen molar-refractivity contribution in [3.63, 3.8) is 0 Å². The van der Waals surface area contributed by atoms with Crippen LogP contribution in [0.1, 0.15) is 27.7 Å². The van der Waals surface area contributed by atoms with Crippen molar-refractivity contribution in [3.8, 4) is 0 Å². The van der Waals surface area contributed by atoms with Crippen molar-refractivity contribution in [1.29, 1.82) is 0 Å². The third-order valence-electron chi connectivity index (χ3n) is 2.45. The van der Waals surface area contributed by atoms with Crippen molar-refractivity contribution in [2.24, 2.45) is 5.92 Å². The summed E-state index contributed by atoms with van der Waals surface area (Å²) >= 11 is 5.73. The minimum Gasteiger partial charge on any atom is -0.303 e. The molecule has 0 spiro atoms. The Morgan fingerprint density at radius 3 is 2.59 bits per heavy atom. The number of carbonyl (C=O) groups excluding carboxylic acids is 2. The molecule has 0 fully saturated rings. The van der Waals surface area contributed by atoms with Gasteiger partial charge in [0.2, 0.25) is 0 Å².